The van der Waals surface area contributed by atoms with E-state index >= 15 is 0 Å². The number of anilines is 1. The number of unbranched alkanes of at least 4 members (excludes halogenated alkanes) is 1. The molecule has 3 heterocycles. The van der Waals surface area contributed by atoms with Gasteiger partial charge < -0.3 is 9.64 Å². The topological polar surface area (TPSA) is 62.0 Å². The number of pyridine rings is 2. The Morgan fingerprint density at radius 3 is 2.43 bits per heavy atom. The van der Waals surface area contributed by atoms with Crippen LogP contribution in [0.3, 0.4) is 0 Å². The highest BCUT2D eigenvalue weighted by Gasteiger charge is 2.20. The number of allylic oxidation sites excluding steroid dienone is 3. The third-order valence-corrected chi connectivity index (χ3v) is 6.40. The van der Waals surface area contributed by atoms with E-state index in [0.717, 1.165) is 71.9 Å². The molecule has 3 aromatic rings. The SMILES string of the molecule is CCCCc1ccnc(-c2cc(/C(C#N)=C3/C=C(C)c4ccc(N(CC)CC)cc4O3)ccn2)c1. The van der Waals surface area contributed by atoms with Gasteiger partial charge in [0.1, 0.15) is 23.2 Å². The zero-order valence-corrected chi connectivity index (χ0v) is 21.0. The summed E-state index contributed by atoms with van der Waals surface area (Å²) in [5.41, 5.74) is 7.28. The van der Waals surface area contributed by atoms with Crippen LogP contribution in [0.5, 0.6) is 5.75 Å². The molecule has 1 aliphatic rings. The fraction of sp³-hybridized carbons (Fsp3) is 0.300. The molecule has 0 aliphatic carbocycles. The Morgan fingerprint density at radius 2 is 1.71 bits per heavy atom. The second-order valence-corrected chi connectivity index (χ2v) is 8.72. The number of benzene rings is 1. The zero-order chi connectivity index (χ0) is 24.8. The van der Waals surface area contributed by atoms with Gasteiger partial charge in [-0.05, 0) is 92.8 Å². The van der Waals surface area contributed by atoms with E-state index in [1.807, 2.05) is 24.4 Å². The van der Waals surface area contributed by atoms with E-state index in [0.29, 0.717) is 11.3 Å². The third-order valence-electron chi connectivity index (χ3n) is 6.40. The minimum Gasteiger partial charge on any atom is -0.455 e. The Kier molecular flexibility index (Phi) is 7.62. The number of aromatic nitrogens is 2. The summed E-state index contributed by atoms with van der Waals surface area (Å²) in [6, 6.07) is 16.6. The van der Waals surface area contributed by atoms with E-state index < -0.39 is 0 Å². The minimum absolute atomic E-state index is 0.481. The van der Waals surface area contributed by atoms with Crippen molar-refractivity contribution in [1.82, 2.24) is 9.97 Å². The van der Waals surface area contributed by atoms with Gasteiger partial charge in [-0.3, -0.25) is 9.97 Å². The molecule has 178 valence electrons. The Balaban J connectivity index is 1.71. The molecule has 1 aliphatic heterocycles. The van der Waals surface area contributed by atoms with Gasteiger partial charge in [-0.25, -0.2) is 0 Å². The summed E-state index contributed by atoms with van der Waals surface area (Å²) in [6.45, 7) is 10.4. The molecular formula is C30H32N4O. The van der Waals surface area contributed by atoms with Gasteiger partial charge in [0.25, 0.3) is 0 Å². The van der Waals surface area contributed by atoms with Gasteiger partial charge >= 0.3 is 0 Å². The predicted molar refractivity (Wildman–Crippen MR) is 143 cm³/mol. The largest absolute Gasteiger partial charge is 0.455 e. The first kappa shape index (κ1) is 24.2. The lowest BCUT2D eigenvalue weighted by molar-refractivity contribution is 0.441. The first-order chi connectivity index (χ1) is 17.1. The number of rotatable bonds is 8. The molecule has 0 radical (unpaired) electrons. The molecule has 0 unspecified atom stereocenters. The number of nitrogens with zero attached hydrogens (tertiary/aromatic N) is 4. The molecule has 5 heteroatoms. The quantitative estimate of drug-likeness (QED) is 0.334. The second kappa shape index (κ2) is 11.0. The third kappa shape index (κ3) is 5.27. The number of fused-ring (bicyclic) bond motifs is 1. The summed E-state index contributed by atoms with van der Waals surface area (Å²) in [6.07, 6.45) is 8.82. The van der Waals surface area contributed by atoms with Crippen LogP contribution in [-0.2, 0) is 6.42 Å². The fourth-order valence-electron chi connectivity index (χ4n) is 4.39. The molecule has 1 aromatic carbocycles. The minimum atomic E-state index is 0.481. The molecule has 0 fully saturated rings. The Morgan fingerprint density at radius 1 is 0.971 bits per heavy atom. The number of hydrogen-bond donors (Lipinski definition) is 0. The van der Waals surface area contributed by atoms with Gasteiger partial charge in [0.2, 0.25) is 0 Å². The summed E-state index contributed by atoms with van der Waals surface area (Å²) in [4.78, 5) is 11.3. The fourth-order valence-corrected chi connectivity index (χ4v) is 4.39. The van der Waals surface area contributed by atoms with Gasteiger partial charge in [-0.15, -0.1) is 0 Å². The van der Waals surface area contributed by atoms with Crippen LogP contribution >= 0.6 is 0 Å². The van der Waals surface area contributed by atoms with Gasteiger partial charge in [-0.1, -0.05) is 13.3 Å². The van der Waals surface area contributed by atoms with Crippen molar-refractivity contribution in [3.63, 3.8) is 0 Å². The maximum absolute atomic E-state index is 10.1. The lowest BCUT2D eigenvalue weighted by Gasteiger charge is -2.25. The zero-order valence-electron chi connectivity index (χ0n) is 21.0. The molecule has 0 N–H and O–H groups in total. The first-order valence-corrected chi connectivity index (χ1v) is 12.4. The molecule has 0 atom stereocenters. The number of hydrogen-bond acceptors (Lipinski definition) is 5. The van der Waals surface area contributed by atoms with Gasteiger partial charge in [0, 0.05) is 42.8 Å². The van der Waals surface area contributed by atoms with Gasteiger partial charge in [0.05, 0.1) is 11.4 Å². The standard InChI is InChI=1S/C30H32N4O/c1-5-8-9-22-12-14-32-27(17-22)28-18-23(13-15-33-28)26(20-31)29-16-21(4)25-11-10-24(19-30(25)35-29)34(6-2)7-3/h10-19H,5-9H2,1-4H3/b29-26-. The number of aryl methyl sites for hydroxylation is 1. The van der Waals surface area contributed by atoms with E-state index in [1.54, 1.807) is 6.20 Å². The van der Waals surface area contributed by atoms with Crippen molar-refractivity contribution in [2.24, 2.45) is 0 Å². The maximum Gasteiger partial charge on any atom is 0.146 e. The highest BCUT2D eigenvalue weighted by atomic mass is 16.5. The molecule has 2 aromatic heterocycles. The Hall–Kier alpha value is -3.91. The van der Waals surface area contributed by atoms with Crippen molar-refractivity contribution in [2.45, 2.75) is 47.0 Å². The molecule has 0 spiro atoms. The highest BCUT2D eigenvalue weighted by Crippen LogP contribution is 2.38. The molecule has 35 heavy (non-hydrogen) atoms. The average molecular weight is 465 g/mol. The van der Waals surface area contributed by atoms with Crippen LogP contribution in [0, 0.1) is 11.3 Å². The maximum atomic E-state index is 10.1. The van der Waals surface area contributed by atoms with Crippen molar-refractivity contribution >= 4 is 16.8 Å². The molecule has 0 saturated carbocycles. The van der Waals surface area contributed by atoms with Gasteiger partial charge in [-0.2, -0.15) is 5.26 Å². The Labute approximate surface area is 208 Å². The van der Waals surface area contributed by atoms with Crippen molar-refractivity contribution in [3.05, 3.63) is 83.4 Å². The van der Waals surface area contributed by atoms with Crippen LogP contribution in [0.25, 0.3) is 22.5 Å². The smallest absolute Gasteiger partial charge is 0.146 e. The van der Waals surface area contributed by atoms with Crippen LogP contribution in [-0.4, -0.2) is 23.1 Å². The molecule has 4 rings (SSSR count). The normalized spacial score (nSPS) is 13.9. The Bertz CT molecular complexity index is 1310. The van der Waals surface area contributed by atoms with Crippen LogP contribution in [0.15, 0.2) is 66.7 Å². The summed E-state index contributed by atoms with van der Waals surface area (Å²) in [5, 5.41) is 10.1. The van der Waals surface area contributed by atoms with E-state index in [2.05, 4.69) is 79.0 Å². The van der Waals surface area contributed by atoms with Crippen LogP contribution < -0.4 is 9.64 Å². The first-order valence-electron chi connectivity index (χ1n) is 12.4. The van der Waals surface area contributed by atoms with E-state index in [-0.39, 0.29) is 0 Å². The summed E-state index contributed by atoms with van der Waals surface area (Å²) in [5.74, 6) is 1.33. The molecule has 0 bridgehead atoms. The molecular weight excluding hydrogens is 432 g/mol. The molecule has 0 saturated heterocycles. The lowest BCUT2D eigenvalue weighted by atomic mass is 9.98. The van der Waals surface area contributed by atoms with Crippen molar-refractivity contribution < 1.29 is 4.74 Å². The average Bonchev–Trinajstić information content (AvgIpc) is 2.89. The molecule has 0 amide bonds. The van der Waals surface area contributed by atoms with Crippen molar-refractivity contribution in [1.29, 1.82) is 5.26 Å². The highest BCUT2D eigenvalue weighted by molar-refractivity contribution is 5.86. The predicted octanol–water partition coefficient (Wildman–Crippen LogP) is 7.06. The monoisotopic (exact) mass is 464 g/mol. The van der Waals surface area contributed by atoms with E-state index in [1.165, 1.54) is 5.56 Å². The van der Waals surface area contributed by atoms with Crippen LogP contribution in [0.2, 0.25) is 0 Å². The van der Waals surface area contributed by atoms with Crippen molar-refractivity contribution in [2.75, 3.05) is 18.0 Å². The van der Waals surface area contributed by atoms with Gasteiger partial charge in [0.15, 0.2) is 0 Å². The second-order valence-electron chi connectivity index (χ2n) is 8.72. The van der Waals surface area contributed by atoms with E-state index in [4.69, 9.17) is 4.74 Å². The van der Waals surface area contributed by atoms with Crippen molar-refractivity contribution in [3.8, 4) is 23.2 Å². The van der Waals surface area contributed by atoms with Crippen LogP contribution in [0.4, 0.5) is 5.69 Å². The molecule has 5 nitrogen and oxygen atoms in total. The number of ether oxygens (including phenoxy) is 1. The summed E-state index contributed by atoms with van der Waals surface area (Å²) < 4.78 is 6.32. The summed E-state index contributed by atoms with van der Waals surface area (Å²) >= 11 is 0. The number of nitriles is 1. The lowest BCUT2D eigenvalue weighted by Crippen LogP contribution is -2.22. The summed E-state index contributed by atoms with van der Waals surface area (Å²) in [7, 11) is 0. The van der Waals surface area contributed by atoms with Crippen LogP contribution in [0.1, 0.15) is 57.2 Å². The van der Waals surface area contributed by atoms with E-state index in [9.17, 15) is 5.26 Å².